The molecule has 3 unspecified atom stereocenters. The number of aliphatic hydroxyl groups is 1. The van der Waals surface area contributed by atoms with Crippen LogP contribution in [0.2, 0.25) is 0 Å². The van der Waals surface area contributed by atoms with Crippen LogP contribution in [0.5, 0.6) is 11.8 Å². The van der Waals surface area contributed by atoms with Gasteiger partial charge in [0, 0.05) is 24.9 Å². The van der Waals surface area contributed by atoms with Crippen molar-refractivity contribution in [2.45, 2.75) is 36.7 Å². The van der Waals surface area contributed by atoms with E-state index in [0.717, 1.165) is 25.2 Å². The largest absolute Gasteiger partial charge is 0.479 e. The van der Waals surface area contributed by atoms with Crippen LogP contribution in [0.15, 0.2) is 18.7 Å². The average Bonchev–Trinajstić information content (AvgIpc) is 3.57. The summed E-state index contributed by atoms with van der Waals surface area (Å²) in [5.41, 5.74) is 0.450. The van der Waals surface area contributed by atoms with Gasteiger partial charge in [0.2, 0.25) is 23.7 Å². The lowest BCUT2D eigenvalue weighted by Crippen LogP contribution is -2.45. The Morgan fingerprint density at radius 2 is 1.86 bits per heavy atom. The Balaban J connectivity index is 1.42. The normalized spacial score (nSPS) is 22.0. The molecule has 0 saturated carbocycles. The van der Waals surface area contributed by atoms with Gasteiger partial charge in [-0.1, -0.05) is 0 Å². The molecule has 5 heterocycles. The summed E-state index contributed by atoms with van der Waals surface area (Å²) in [6.45, 7) is 1.53. The number of halogens is 1. The maximum Gasteiger partial charge on any atom is 0.245 e. The lowest BCUT2D eigenvalue weighted by molar-refractivity contribution is 0.103. The van der Waals surface area contributed by atoms with Crippen molar-refractivity contribution in [1.82, 2.24) is 34.7 Å². The van der Waals surface area contributed by atoms with Crippen molar-refractivity contribution in [3.8, 4) is 17.4 Å². The van der Waals surface area contributed by atoms with Gasteiger partial charge in [-0.3, -0.25) is 9.29 Å². The number of anilines is 2. The third-order valence-electron chi connectivity index (χ3n) is 5.87. The van der Waals surface area contributed by atoms with E-state index < -0.39 is 11.9 Å². The summed E-state index contributed by atoms with van der Waals surface area (Å²) >= 11 is 1.38. The highest BCUT2D eigenvalue weighted by Gasteiger charge is 2.32. The number of hydrogen-bond acceptors (Lipinski definition) is 13. The van der Waals surface area contributed by atoms with Gasteiger partial charge in [-0.15, -0.1) is 10.2 Å². The smallest absolute Gasteiger partial charge is 0.245 e. The molecule has 0 radical (unpaired) electrons. The zero-order valence-corrected chi connectivity index (χ0v) is 20.6. The summed E-state index contributed by atoms with van der Waals surface area (Å²) in [6, 6.07) is 0. The minimum atomic E-state index is -0.602. The molecule has 2 aliphatic heterocycles. The number of nitrogens with zero attached hydrogens (tertiary/aromatic N) is 8. The van der Waals surface area contributed by atoms with Gasteiger partial charge in [0.1, 0.15) is 12.4 Å². The molecule has 192 valence electrons. The highest BCUT2D eigenvalue weighted by atomic mass is 32.2. The molecule has 13 nitrogen and oxygen atoms in total. The van der Waals surface area contributed by atoms with Crippen molar-refractivity contribution in [2.75, 3.05) is 43.5 Å². The number of ether oxygens (including phenoxy) is 3. The van der Waals surface area contributed by atoms with Crippen LogP contribution in [-0.2, 0) is 4.74 Å². The maximum atomic E-state index is 13.3. The van der Waals surface area contributed by atoms with E-state index in [9.17, 15) is 9.50 Å². The molecule has 5 rings (SSSR count). The molecule has 2 aliphatic rings. The van der Waals surface area contributed by atoms with E-state index in [-0.39, 0.29) is 11.4 Å². The summed E-state index contributed by atoms with van der Waals surface area (Å²) in [7, 11) is 3.03. The average molecular weight is 520 g/mol. The summed E-state index contributed by atoms with van der Waals surface area (Å²) in [6.07, 6.45) is 4.96. The Hall–Kier alpha value is -3.30. The van der Waals surface area contributed by atoms with Gasteiger partial charge in [0.15, 0.2) is 17.3 Å². The first-order valence-electron chi connectivity index (χ1n) is 11.4. The Labute approximate surface area is 210 Å². The fourth-order valence-electron chi connectivity index (χ4n) is 4.29. The predicted molar refractivity (Wildman–Crippen MR) is 128 cm³/mol. The molecule has 2 saturated heterocycles. The SMILES string of the molecule is COc1ncnc(OC)c1-n1c(NSC2CC(O)CN(c3ncc(F)cn3)C2)nnc1C1CCCO1. The van der Waals surface area contributed by atoms with Crippen LogP contribution in [-0.4, -0.2) is 85.1 Å². The number of hydrogen-bond donors (Lipinski definition) is 2. The topological polar surface area (TPSA) is 145 Å². The number of methoxy groups -OCH3 is 2. The molecular weight excluding hydrogens is 493 g/mol. The molecular formula is C21H26FN9O4S. The molecule has 0 amide bonds. The van der Waals surface area contributed by atoms with E-state index >= 15 is 0 Å². The summed E-state index contributed by atoms with van der Waals surface area (Å²) in [5.74, 6) is 1.42. The lowest BCUT2D eigenvalue weighted by atomic mass is 10.1. The second-order valence-corrected chi connectivity index (χ2v) is 9.40. The molecule has 0 aliphatic carbocycles. The predicted octanol–water partition coefficient (Wildman–Crippen LogP) is 1.55. The summed E-state index contributed by atoms with van der Waals surface area (Å²) in [5, 5.41) is 19.2. The second-order valence-electron chi connectivity index (χ2n) is 8.30. The van der Waals surface area contributed by atoms with Crippen molar-refractivity contribution >= 4 is 23.8 Å². The Bertz CT molecular complexity index is 1160. The molecule has 36 heavy (non-hydrogen) atoms. The molecule has 3 atom stereocenters. The zero-order valence-electron chi connectivity index (χ0n) is 19.7. The van der Waals surface area contributed by atoms with Crippen molar-refractivity contribution in [1.29, 1.82) is 0 Å². The number of β-amino-alcohol motifs (C(OH)–C–C–N with tert-alkyl or cyclic N) is 1. The number of nitrogens with one attached hydrogen (secondary N) is 1. The third-order valence-corrected chi connectivity index (χ3v) is 6.84. The van der Waals surface area contributed by atoms with Crippen LogP contribution in [0, 0.1) is 5.82 Å². The molecule has 0 bridgehead atoms. The summed E-state index contributed by atoms with van der Waals surface area (Å²) < 4.78 is 35.2. The molecule has 0 aromatic carbocycles. The van der Waals surface area contributed by atoms with Gasteiger partial charge >= 0.3 is 0 Å². The van der Waals surface area contributed by atoms with Crippen LogP contribution in [0.1, 0.15) is 31.2 Å². The monoisotopic (exact) mass is 519 g/mol. The van der Waals surface area contributed by atoms with Crippen LogP contribution in [0.3, 0.4) is 0 Å². The fourth-order valence-corrected chi connectivity index (χ4v) is 5.27. The first-order valence-corrected chi connectivity index (χ1v) is 12.3. The number of rotatable bonds is 8. The van der Waals surface area contributed by atoms with E-state index in [1.807, 2.05) is 4.90 Å². The first kappa shape index (κ1) is 24.4. The van der Waals surface area contributed by atoms with Gasteiger partial charge in [-0.05, 0) is 31.2 Å². The second kappa shape index (κ2) is 10.8. The van der Waals surface area contributed by atoms with E-state index in [4.69, 9.17) is 14.2 Å². The lowest BCUT2D eigenvalue weighted by Gasteiger charge is -2.35. The van der Waals surface area contributed by atoms with Gasteiger partial charge in [-0.25, -0.2) is 14.4 Å². The zero-order chi connectivity index (χ0) is 25.1. The minimum absolute atomic E-state index is 0.0606. The Kier molecular flexibility index (Phi) is 7.29. The molecule has 0 spiro atoms. The van der Waals surface area contributed by atoms with Gasteiger partial charge in [0.05, 0.1) is 32.7 Å². The third kappa shape index (κ3) is 4.99. The van der Waals surface area contributed by atoms with Crippen molar-refractivity contribution in [2.24, 2.45) is 0 Å². The van der Waals surface area contributed by atoms with Gasteiger partial charge in [-0.2, -0.15) is 9.97 Å². The van der Waals surface area contributed by atoms with E-state index in [2.05, 4.69) is 34.9 Å². The number of aliphatic hydroxyl groups excluding tert-OH is 1. The standard InChI is InChI=1S/C21H26FN9O4S/c1-33-18-16(19(34-2)26-11-25-18)31-17(15-4-3-5-35-15)27-28-21(31)29-36-14-6-13(32)9-30(10-14)20-23-7-12(22)8-24-20/h7-8,11,13-15,32H,3-6,9-10H2,1-2H3,(H,28,29). The van der Waals surface area contributed by atoms with Crippen molar-refractivity contribution in [3.05, 3.63) is 30.4 Å². The molecule has 3 aromatic rings. The Morgan fingerprint density at radius 3 is 2.53 bits per heavy atom. The molecule has 2 N–H and O–H groups in total. The maximum absolute atomic E-state index is 13.3. The van der Waals surface area contributed by atoms with Crippen LogP contribution < -0.4 is 19.1 Å². The van der Waals surface area contributed by atoms with E-state index in [1.165, 1.54) is 32.5 Å². The first-order chi connectivity index (χ1) is 17.6. The van der Waals surface area contributed by atoms with Gasteiger partial charge in [0.25, 0.3) is 0 Å². The molecule has 15 heteroatoms. The number of aromatic nitrogens is 7. The quantitative estimate of drug-likeness (QED) is 0.415. The molecule has 2 fully saturated rings. The highest BCUT2D eigenvalue weighted by Crippen LogP contribution is 2.37. The van der Waals surface area contributed by atoms with Crippen LogP contribution in [0.4, 0.5) is 16.3 Å². The van der Waals surface area contributed by atoms with E-state index in [1.54, 1.807) is 4.57 Å². The molecule has 3 aromatic heterocycles. The van der Waals surface area contributed by atoms with Crippen LogP contribution in [0.25, 0.3) is 5.69 Å². The van der Waals surface area contributed by atoms with Crippen LogP contribution >= 0.6 is 11.9 Å². The fraction of sp³-hybridized carbons (Fsp3) is 0.524. The Morgan fingerprint density at radius 1 is 1.11 bits per heavy atom. The van der Waals surface area contributed by atoms with Gasteiger partial charge < -0.3 is 24.2 Å². The van der Waals surface area contributed by atoms with Crippen molar-refractivity contribution < 1.29 is 23.7 Å². The minimum Gasteiger partial charge on any atom is -0.479 e. The van der Waals surface area contributed by atoms with E-state index in [0.29, 0.717) is 61.3 Å². The summed E-state index contributed by atoms with van der Waals surface area (Å²) in [4.78, 5) is 18.4. The number of piperidine rings is 1. The van der Waals surface area contributed by atoms with Crippen molar-refractivity contribution in [3.63, 3.8) is 0 Å². The highest BCUT2D eigenvalue weighted by molar-refractivity contribution is 8.01.